The Hall–Kier alpha value is -2.40. The van der Waals surface area contributed by atoms with E-state index in [1.54, 1.807) is 37.3 Å². The monoisotopic (exact) mass is 642 g/mol. The number of rotatable bonds is 14. The van der Waals surface area contributed by atoms with Crippen LogP contribution in [-0.2, 0) is 19.1 Å². The SMILES string of the molecule is CC/C=C/C1OC(O)(C[C@H](O)C(C)/C(Cl)=C/C=C/C=C(\C)CC/C=C/C(=O)O[C@@H]2CC(C(=O)O)CC[C@@H]2O)C=C(O)C1Cl. The van der Waals surface area contributed by atoms with Crippen LogP contribution in [0.1, 0.15) is 65.7 Å². The Bertz CT molecular complexity index is 1130. The molecule has 1 aliphatic heterocycles. The van der Waals surface area contributed by atoms with Gasteiger partial charge in [-0.25, -0.2) is 4.79 Å². The molecule has 0 spiro atoms. The molecule has 5 unspecified atom stereocenters. The summed E-state index contributed by atoms with van der Waals surface area (Å²) in [7, 11) is 0. The molecule has 8 atom stereocenters. The molecule has 0 aromatic heterocycles. The van der Waals surface area contributed by atoms with Gasteiger partial charge in [0.1, 0.15) is 23.3 Å². The van der Waals surface area contributed by atoms with Crippen molar-refractivity contribution in [3.8, 4) is 0 Å². The van der Waals surface area contributed by atoms with Crippen LogP contribution >= 0.6 is 23.2 Å². The number of alkyl halides is 1. The third-order valence-electron chi connectivity index (χ3n) is 7.44. The van der Waals surface area contributed by atoms with E-state index in [0.717, 1.165) is 18.1 Å². The third kappa shape index (κ3) is 12.3. The number of carbonyl (C=O) groups excluding carboxylic acids is 1. The minimum absolute atomic E-state index is 0.102. The zero-order valence-electron chi connectivity index (χ0n) is 24.8. The van der Waals surface area contributed by atoms with E-state index in [9.17, 15) is 30.0 Å². The molecule has 1 saturated carbocycles. The van der Waals surface area contributed by atoms with Crippen LogP contribution in [0.15, 0.2) is 71.0 Å². The average Bonchev–Trinajstić information content (AvgIpc) is 2.94. The quantitative estimate of drug-likeness (QED) is 0.0536. The fourth-order valence-electron chi connectivity index (χ4n) is 4.73. The van der Waals surface area contributed by atoms with Crippen LogP contribution < -0.4 is 0 Å². The van der Waals surface area contributed by atoms with Crippen molar-refractivity contribution in [1.82, 2.24) is 0 Å². The fraction of sp³-hybridized carbons (Fsp3) is 0.562. The van der Waals surface area contributed by atoms with Crippen molar-refractivity contribution in [2.24, 2.45) is 11.8 Å². The second kappa shape index (κ2) is 17.8. The molecule has 0 amide bonds. The number of carbonyl (C=O) groups is 2. The number of aliphatic hydroxyl groups excluding tert-OH is 3. The second-order valence-corrected chi connectivity index (χ2v) is 12.0. The first kappa shape index (κ1) is 36.8. The minimum Gasteiger partial charge on any atom is -0.511 e. The molecule has 2 aliphatic rings. The van der Waals surface area contributed by atoms with Crippen LogP contribution in [0.4, 0.5) is 0 Å². The minimum atomic E-state index is -1.91. The number of allylic oxidation sites excluding steroid dienone is 7. The summed E-state index contributed by atoms with van der Waals surface area (Å²) in [4.78, 5) is 23.3. The molecule has 2 rings (SSSR count). The van der Waals surface area contributed by atoms with E-state index in [1.807, 2.05) is 26.0 Å². The van der Waals surface area contributed by atoms with Gasteiger partial charge in [-0.3, -0.25) is 4.79 Å². The molecular weight excluding hydrogens is 599 g/mol. The van der Waals surface area contributed by atoms with Crippen LogP contribution in [0.25, 0.3) is 0 Å². The highest BCUT2D eigenvalue weighted by atomic mass is 35.5. The summed E-state index contributed by atoms with van der Waals surface area (Å²) >= 11 is 12.6. The number of carboxylic acids is 1. The van der Waals surface area contributed by atoms with Gasteiger partial charge in [0, 0.05) is 35.9 Å². The van der Waals surface area contributed by atoms with Gasteiger partial charge in [-0.1, -0.05) is 67.5 Å². The van der Waals surface area contributed by atoms with Crippen molar-refractivity contribution in [3.63, 3.8) is 0 Å². The maximum Gasteiger partial charge on any atom is 0.330 e. The van der Waals surface area contributed by atoms with Gasteiger partial charge in [0.25, 0.3) is 0 Å². The topological polar surface area (TPSA) is 154 Å². The first-order valence-electron chi connectivity index (χ1n) is 14.5. The summed E-state index contributed by atoms with van der Waals surface area (Å²) in [5.41, 5.74) is 1.03. The molecule has 0 bridgehead atoms. The molecule has 0 aromatic carbocycles. The molecule has 0 saturated heterocycles. The average molecular weight is 644 g/mol. The Balaban J connectivity index is 1.82. The molecular formula is C32H44Cl2O9. The Morgan fingerprint density at radius 1 is 1.23 bits per heavy atom. The van der Waals surface area contributed by atoms with Crippen LogP contribution in [0.5, 0.6) is 0 Å². The smallest absolute Gasteiger partial charge is 0.330 e. The fourth-order valence-corrected chi connectivity index (χ4v) is 5.14. The van der Waals surface area contributed by atoms with Gasteiger partial charge in [-0.2, -0.15) is 0 Å². The van der Waals surface area contributed by atoms with Gasteiger partial charge in [0.2, 0.25) is 0 Å². The van der Waals surface area contributed by atoms with E-state index in [4.69, 9.17) is 37.8 Å². The molecule has 11 heteroatoms. The zero-order chi connectivity index (χ0) is 32.2. The van der Waals surface area contributed by atoms with Gasteiger partial charge >= 0.3 is 11.9 Å². The summed E-state index contributed by atoms with van der Waals surface area (Å²) in [5.74, 6) is -4.86. The van der Waals surface area contributed by atoms with Crippen LogP contribution in [0, 0.1) is 11.8 Å². The first-order valence-corrected chi connectivity index (χ1v) is 15.4. The van der Waals surface area contributed by atoms with Gasteiger partial charge < -0.3 is 35.0 Å². The summed E-state index contributed by atoms with van der Waals surface area (Å²) in [6, 6.07) is 0. The van der Waals surface area contributed by atoms with E-state index in [0.29, 0.717) is 24.3 Å². The highest BCUT2D eigenvalue weighted by molar-refractivity contribution is 6.30. The molecule has 9 nitrogen and oxygen atoms in total. The zero-order valence-corrected chi connectivity index (χ0v) is 26.3. The van der Waals surface area contributed by atoms with Gasteiger partial charge in [-0.05, 0) is 45.1 Å². The highest BCUT2D eigenvalue weighted by Gasteiger charge is 2.41. The largest absolute Gasteiger partial charge is 0.511 e. The van der Waals surface area contributed by atoms with Crippen LogP contribution in [-0.4, -0.2) is 73.1 Å². The Morgan fingerprint density at radius 3 is 2.60 bits per heavy atom. The standard InChI is InChI=1S/C32H44Cl2O9/c1-4-5-13-27-30(34)26(37)19-32(41,43-27)18-25(36)21(3)23(33)12-8-6-10-20(2)11-7-9-14-29(38)42-28-17-22(31(39)40)15-16-24(28)35/h5-6,8-10,12-14,19,21-22,24-25,27-28,30,35-37,41H,4,7,11,15-18H2,1-3H3,(H,39,40)/b8-6+,13-5+,14-9+,20-10+,23-12-/t21?,22?,24-,25-,27?,28+,30?,32?/m0/s1. The van der Waals surface area contributed by atoms with E-state index in [2.05, 4.69) is 0 Å². The predicted molar refractivity (Wildman–Crippen MR) is 165 cm³/mol. The molecule has 1 fully saturated rings. The first-order chi connectivity index (χ1) is 20.3. The van der Waals surface area contributed by atoms with Gasteiger partial charge in [0.05, 0.1) is 18.1 Å². The van der Waals surface area contributed by atoms with Crippen molar-refractivity contribution in [2.45, 2.75) is 101 Å². The number of hydrogen-bond donors (Lipinski definition) is 5. The Kier molecular flexibility index (Phi) is 15.2. The lowest BCUT2D eigenvalue weighted by Crippen LogP contribution is -2.46. The van der Waals surface area contributed by atoms with Crippen molar-refractivity contribution in [1.29, 1.82) is 0 Å². The maximum absolute atomic E-state index is 12.1. The molecule has 1 heterocycles. The molecule has 5 N–H and O–H groups in total. The Morgan fingerprint density at radius 2 is 1.93 bits per heavy atom. The molecule has 1 aliphatic carbocycles. The van der Waals surface area contributed by atoms with Crippen molar-refractivity contribution in [3.05, 3.63) is 71.0 Å². The number of aliphatic hydroxyl groups is 4. The number of esters is 1. The number of halogens is 2. The number of aliphatic carboxylic acids is 1. The van der Waals surface area contributed by atoms with E-state index >= 15 is 0 Å². The van der Waals surface area contributed by atoms with Crippen molar-refractivity contribution in [2.75, 3.05) is 0 Å². The lowest BCUT2D eigenvalue weighted by atomic mass is 9.85. The summed E-state index contributed by atoms with van der Waals surface area (Å²) < 4.78 is 10.9. The van der Waals surface area contributed by atoms with Crippen LogP contribution in [0.3, 0.4) is 0 Å². The second-order valence-electron chi connectivity index (χ2n) is 11.1. The van der Waals surface area contributed by atoms with Crippen LogP contribution in [0.2, 0.25) is 0 Å². The van der Waals surface area contributed by atoms with E-state index in [1.165, 1.54) is 6.08 Å². The number of ether oxygens (including phenoxy) is 2. The van der Waals surface area contributed by atoms with Gasteiger partial charge in [-0.15, -0.1) is 11.6 Å². The van der Waals surface area contributed by atoms with Crippen molar-refractivity contribution < 1.29 is 44.6 Å². The van der Waals surface area contributed by atoms with E-state index < -0.39 is 59.4 Å². The van der Waals surface area contributed by atoms with Gasteiger partial charge in [0.15, 0.2) is 5.79 Å². The summed E-state index contributed by atoms with van der Waals surface area (Å²) in [5, 5.41) is 50.5. The Labute approximate surface area is 263 Å². The number of hydrogen-bond acceptors (Lipinski definition) is 8. The summed E-state index contributed by atoms with van der Waals surface area (Å²) in [6.07, 6.45) is 13.6. The molecule has 0 aromatic rings. The predicted octanol–water partition coefficient (Wildman–Crippen LogP) is 5.60. The van der Waals surface area contributed by atoms with E-state index in [-0.39, 0.29) is 25.0 Å². The third-order valence-corrected chi connectivity index (χ3v) is 8.38. The summed E-state index contributed by atoms with van der Waals surface area (Å²) in [6.45, 7) is 5.58. The molecule has 43 heavy (non-hydrogen) atoms. The number of carboxylic acid groups (broad SMARTS) is 1. The molecule has 240 valence electrons. The maximum atomic E-state index is 12.1. The lowest BCUT2D eigenvalue weighted by Gasteiger charge is -2.37. The lowest BCUT2D eigenvalue weighted by molar-refractivity contribution is -0.211. The highest BCUT2D eigenvalue weighted by Crippen LogP contribution is 2.34. The molecule has 0 radical (unpaired) electrons. The van der Waals surface area contributed by atoms with Crippen molar-refractivity contribution >= 4 is 35.1 Å². The normalized spacial score (nSPS) is 30.5.